The summed E-state index contributed by atoms with van der Waals surface area (Å²) < 4.78 is 1.99. The number of benzene rings is 1. The molecule has 3 aliphatic rings. The van der Waals surface area contributed by atoms with Gasteiger partial charge >= 0.3 is 0 Å². The largest absolute Gasteiger partial charge is 0.366 e. The topological polar surface area (TPSA) is 80.3 Å². The van der Waals surface area contributed by atoms with Crippen LogP contribution in [0.5, 0.6) is 0 Å². The van der Waals surface area contributed by atoms with Gasteiger partial charge in [-0.15, -0.1) is 10.2 Å². The third-order valence-corrected chi connectivity index (χ3v) is 7.72. The molecule has 1 aromatic carbocycles. The molecule has 0 spiro atoms. The number of hydrogen-bond acceptors (Lipinski definition) is 8. The zero-order valence-corrected chi connectivity index (χ0v) is 17.2. The number of hydrogen-bond donors (Lipinski definition) is 0. The fourth-order valence-corrected chi connectivity index (χ4v) is 6.21. The minimum Gasteiger partial charge on any atom is -0.366 e. The monoisotopic (exact) mass is 416 g/mol. The van der Waals surface area contributed by atoms with Crippen molar-refractivity contribution in [2.45, 2.75) is 37.2 Å². The third kappa shape index (κ3) is 2.77. The van der Waals surface area contributed by atoms with Crippen LogP contribution >= 0.6 is 23.5 Å². The molecule has 1 unspecified atom stereocenters. The van der Waals surface area contributed by atoms with E-state index in [1.165, 1.54) is 0 Å². The molecule has 4 heterocycles. The van der Waals surface area contributed by atoms with Crippen LogP contribution in [-0.2, 0) is 0 Å². The highest BCUT2D eigenvalue weighted by molar-refractivity contribution is 8.07. The predicted octanol–water partition coefficient (Wildman–Crippen LogP) is 4.02. The Morgan fingerprint density at radius 2 is 2.04 bits per heavy atom. The van der Waals surface area contributed by atoms with Crippen molar-refractivity contribution in [3.63, 3.8) is 0 Å². The first-order valence-electron chi connectivity index (χ1n) is 9.31. The highest BCUT2D eigenvalue weighted by Crippen LogP contribution is 2.51. The summed E-state index contributed by atoms with van der Waals surface area (Å²) >= 11 is 3.23. The first-order chi connectivity index (χ1) is 13.5. The number of piperidine rings is 1. The predicted molar refractivity (Wildman–Crippen MR) is 111 cm³/mol. The van der Waals surface area contributed by atoms with Gasteiger partial charge in [-0.2, -0.15) is 0 Å². The maximum absolute atomic E-state index is 11.9. The van der Waals surface area contributed by atoms with Crippen molar-refractivity contribution in [3.8, 4) is 0 Å². The number of nitrogens with zero attached hydrogens (tertiary/aromatic N) is 6. The van der Waals surface area contributed by atoms with Crippen molar-refractivity contribution >= 4 is 34.9 Å². The Kier molecular flexibility index (Phi) is 4.27. The van der Waals surface area contributed by atoms with Crippen LogP contribution in [0, 0.1) is 23.0 Å². The van der Waals surface area contributed by atoms with Crippen molar-refractivity contribution in [1.29, 1.82) is 0 Å². The Balaban J connectivity index is 1.49. The van der Waals surface area contributed by atoms with E-state index in [9.17, 15) is 10.1 Å². The normalized spacial score (nSPS) is 21.6. The van der Waals surface area contributed by atoms with Crippen LogP contribution in [-0.4, -0.2) is 32.9 Å². The summed E-state index contributed by atoms with van der Waals surface area (Å²) in [6, 6.07) is 5.69. The number of thioether (sulfide) groups is 2. The molecule has 146 valence electrons. The van der Waals surface area contributed by atoms with Gasteiger partial charge in [-0.25, -0.2) is 4.68 Å². The SMILES string of the molecule is Cc1nnc2n1N1C(=CSC1c1ccc(N3CCC(C)CC3)c([N+](=O)[O-])c1)S2. The average Bonchev–Trinajstić information content (AvgIpc) is 3.34. The van der Waals surface area contributed by atoms with Crippen LogP contribution in [0.4, 0.5) is 11.4 Å². The average molecular weight is 417 g/mol. The van der Waals surface area contributed by atoms with Gasteiger partial charge in [-0.3, -0.25) is 15.1 Å². The van der Waals surface area contributed by atoms with E-state index in [1.54, 1.807) is 29.6 Å². The van der Waals surface area contributed by atoms with Crippen molar-refractivity contribution in [3.05, 3.63) is 50.1 Å². The molecule has 0 N–H and O–H groups in total. The number of aromatic nitrogens is 3. The molecule has 1 fully saturated rings. The van der Waals surface area contributed by atoms with Crippen molar-refractivity contribution in [1.82, 2.24) is 14.9 Å². The second kappa shape index (κ2) is 6.70. The van der Waals surface area contributed by atoms with Crippen LogP contribution in [0.15, 0.2) is 33.8 Å². The van der Waals surface area contributed by atoms with E-state index in [-0.39, 0.29) is 16.0 Å². The molecule has 8 nitrogen and oxygen atoms in total. The van der Waals surface area contributed by atoms with Gasteiger partial charge in [-0.1, -0.05) is 24.8 Å². The van der Waals surface area contributed by atoms with E-state index in [1.807, 2.05) is 23.7 Å². The number of anilines is 1. The summed E-state index contributed by atoms with van der Waals surface area (Å²) in [5.74, 6) is 1.50. The molecule has 28 heavy (non-hydrogen) atoms. The second-order valence-electron chi connectivity index (χ2n) is 7.41. The fourth-order valence-electron chi connectivity index (χ4n) is 3.94. The maximum Gasteiger partial charge on any atom is 0.292 e. The Labute approximate surface area is 171 Å². The van der Waals surface area contributed by atoms with E-state index in [2.05, 4.69) is 32.4 Å². The summed E-state index contributed by atoms with van der Waals surface area (Å²) in [5.41, 5.74) is 1.83. The smallest absolute Gasteiger partial charge is 0.292 e. The van der Waals surface area contributed by atoms with Crippen molar-refractivity contribution in [2.75, 3.05) is 23.0 Å². The summed E-state index contributed by atoms with van der Waals surface area (Å²) in [5, 5.41) is 26.3. The van der Waals surface area contributed by atoms with Crippen molar-refractivity contribution in [2.24, 2.45) is 5.92 Å². The molecule has 1 saturated heterocycles. The van der Waals surface area contributed by atoms with E-state index in [4.69, 9.17) is 0 Å². The molecular formula is C18H20N6O2S2. The quantitative estimate of drug-likeness (QED) is 0.548. The molecule has 3 aliphatic heterocycles. The van der Waals surface area contributed by atoms with Gasteiger partial charge in [0.25, 0.3) is 5.69 Å². The van der Waals surface area contributed by atoms with Gasteiger partial charge in [0.15, 0.2) is 5.82 Å². The van der Waals surface area contributed by atoms with Gasteiger partial charge in [0, 0.05) is 24.6 Å². The molecule has 5 rings (SSSR count). The van der Waals surface area contributed by atoms with Gasteiger partial charge in [0.1, 0.15) is 16.1 Å². The van der Waals surface area contributed by atoms with E-state index < -0.39 is 0 Å². The van der Waals surface area contributed by atoms with Crippen LogP contribution in [0.25, 0.3) is 0 Å². The number of rotatable bonds is 3. The van der Waals surface area contributed by atoms with Gasteiger partial charge < -0.3 is 4.90 Å². The number of nitro groups is 1. The Morgan fingerprint density at radius 1 is 1.25 bits per heavy atom. The first kappa shape index (κ1) is 17.9. The lowest BCUT2D eigenvalue weighted by molar-refractivity contribution is -0.384. The van der Waals surface area contributed by atoms with Gasteiger partial charge in [0.05, 0.1) is 4.92 Å². The Bertz CT molecular complexity index is 982. The summed E-state index contributed by atoms with van der Waals surface area (Å²) in [6.45, 7) is 5.91. The summed E-state index contributed by atoms with van der Waals surface area (Å²) in [7, 11) is 0. The summed E-state index contributed by atoms with van der Waals surface area (Å²) in [4.78, 5) is 13.8. The van der Waals surface area contributed by atoms with E-state index >= 15 is 0 Å². The van der Waals surface area contributed by atoms with E-state index in [0.717, 1.165) is 53.2 Å². The highest BCUT2D eigenvalue weighted by Gasteiger charge is 2.39. The van der Waals surface area contributed by atoms with Gasteiger partial charge in [-0.05, 0) is 49.1 Å². The molecule has 2 aromatic rings. The molecule has 0 aliphatic carbocycles. The fraction of sp³-hybridized carbons (Fsp3) is 0.444. The molecule has 1 atom stereocenters. The van der Waals surface area contributed by atoms with Gasteiger partial charge in [0.2, 0.25) is 5.16 Å². The second-order valence-corrected chi connectivity index (χ2v) is 9.35. The molecular weight excluding hydrogens is 396 g/mol. The molecule has 0 bridgehead atoms. The minimum atomic E-state index is -0.251. The first-order valence-corrected chi connectivity index (χ1v) is 11.1. The molecule has 10 heteroatoms. The summed E-state index contributed by atoms with van der Waals surface area (Å²) in [6.07, 6.45) is 2.15. The van der Waals surface area contributed by atoms with Crippen LogP contribution in [0.1, 0.15) is 36.5 Å². The van der Waals surface area contributed by atoms with Crippen LogP contribution in [0.3, 0.4) is 0 Å². The molecule has 0 amide bonds. The zero-order valence-electron chi connectivity index (χ0n) is 15.6. The number of aryl methyl sites for hydroxylation is 1. The molecule has 0 radical (unpaired) electrons. The highest BCUT2D eigenvalue weighted by atomic mass is 32.2. The van der Waals surface area contributed by atoms with Crippen LogP contribution in [0.2, 0.25) is 0 Å². The Morgan fingerprint density at radius 3 is 2.79 bits per heavy atom. The minimum absolute atomic E-state index is 0.0624. The lowest BCUT2D eigenvalue weighted by Crippen LogP contribution is -2.33. The zero-order chi connectivity index (χ0) is 19.4. The lowest BCUT2D eigenvalue weighted by atomic mass is 9.98. The Hall–Kier alpha value is -2.20. The number of fused-ring (bicyclic) bond motifs is 3. The van der Waals surface area contributed by atoms with Crippen molar-refractivity contribution < 1.29 is 4.92 Å². The molecule has 1 aromatic heterocycles. The van der Waals surface area contributed by atoms with Crippen LogP contribution < -0.4 is 9.91 Å². The standard InChI is InChI=1S/C18H20N6O2S2/c1-11-5-7-21(8-6-11)14-4-3-13(9-15(14)24(25)26)17-23-16(10-27-17)28-18-20-19-12(2)22(18)23/h3-4,9-11,17H,5-8H2,1-2H3. The lowest BCUT2D eigenvalue weighted by Gasteiger charge is -2.32. The maximum atomic E-state index is 11.9. The molecule has 0 saturated carbocycles. The van der Waals surface area contributed by atoms with E-state index in [0.29, 0.717) is 5.92 Å². The number of nitro benzene ring substituents is 1. The third-order valence-electron chi connectivity index (χ3n) is 5.53.